The summed E-state index contributed by atoms with van der Waals surface area (Å²) in [5.41, 5.74) is 2.32. The summed E-state index contributed by atoms with van der Waals surface area (Å²) < 4.78 is 1.96. The average Bonchev–Trinajstić information content (AvgIpc) is 3.26. The van der Waals surface area contributed by atoms with Crippen molar-refractivity contribution >= 4 is 17.3 Å². The first-order valence-corrected chi connectivity index (χ1v) is 10.3. The van der Waals surface area contributed by atoms with E-state index in [4.69, 9.17) is 4.99 Å². The SMILES string of the molecule is Cc1nc(CCNC(=NCc2nnc(C)n2C)NC(C)c2ccccc2)cs1. The Labute approximate surface area is 170 Å². The van der Waals surface area contributed by atoms with Gasteiger partial charge in [-0.3, -0.25) is 0 Å². The predicted octanol–water partition coefficient (Wildman–Crippen LogP) is 2.93. The summed E-state index contributed by atoms with van der Waals surface area (Å²) in [5.74, 6) is 2.47. The van der Waals surface area contributed by atoms with Gasteiger partial charge in [-0.2, -0.15) is 0 Å². The van der Waals surface area contributed by atoms with Gasteiger partial charge in [0, 0.05) is 25.4 Å². The highest BCUT2D eigenvalue weighted by Crippen LogP contribution is 2.11. The van der Waals surface area contributed by atoms with Crippen LogP contribution >= 0.6 is 11.3 Å². The van der Waals surface area contributed by atoms with Crippen molar-refractivity contribution in [1.29, 1.82) is 0 Å². The minimum Gasteiger partial charge on any atom is -0.356 e. The number of hydrogen-bond acceptors (Lipinski definition) is 5. The van der Waals surface area contributed by atoms with Crippen molar-refractivity contribution in [2.75, 3.05) is 6.54 Å². The van der Waals surface area contributed by atoms with E-state index in [0.717, 1.165) is 41.3 Å². The molecule has 2 heterocycles. The van der Waals surface area contributed by atoms with Crippen LogP contribution in [-0.2, 0) is 20.0 Å². The maximum absolute atomic E-state index is 4.72. The van der Waals surface area contributed by atoms with Gasteiger partial charge in [-0.1, -0.05) is 30.3 Å². The zero-order valence-corrected chi connectivity index (χ0v) is 17.6. The van der Waals surface area contributed by atoms with Gasteiger partial charge in [-0.25, -0.2) is 9.98 Å². The molecule has 1 unspecified atom stereocenters. The third-order valence-corrected chi connectivity index (χ3v) is 5.38. The van der Waals surface area contributed by atoms with Crippen LogP contribution in [0.2, 0.25) is 0 Å². The monoisotopic (exact) mass is 397 g/mol. The molecular weight excluding hydrogens is 370 g/mol. The highest BCUT2D eigenvalue weighted by Gasteiger charge is 2.10. The Bertz CT molecular complexity index is 914. The minimum absolute atomic E-state index is 0.134. The van der Waals surface area contributed by atoms with E-state index in [9.17, 15) is 0 Å². The molecule has 1 aromatic carbocycles. The lowest BCUT2D eigenvalue weighted by Crippen LogP contribution is -2.39. The van der Waals surface area contributed by atoms with Crippen molar-refractivity contribution < 1.29 is 0 Å². The molecule has 0 fully saturated rings. The average molecular weight is 398 g/mol. The molecule has 0 aliphatic heterocycles. The number of hydrogen-bond donors (Lipinski definition) is 2. The summed E-state index contributed by atoms with van der Waals surface area (Å²) in [7, 11) is 1.96. The van der Waals surface area contributed by atoms with Gasteiger partial charge in [0.2, 0.25) is 0 Å². The molecule has 3 aromatic rings. The Kier molecular flexibility index (Phi) is 6.76. The first-order valence-electron chi connectivity index (χ1n) is 9.38. The molecule has 0 spiro atoms. The summed E-state index contributed by atoms with van der Waals surface area (Å²) in [6, 6.07) is 10.5. The number of aryl methyl sites for hydroxylation is 2. The third kappa shape index (κ3) is 5.39. The van der Waals surface area contributed by atoms with E-state index < -0.39 is 0 Å². The van der Waals surface area contributed by atoms with E-state index in [1.807, 2.05) is 43.7 Å². The van der Waals surface area contributed by atoms with Gasteiger partial charge in [-0.05, 0) is 26.3 Å². The molecule has 0 bridgehead atoms. The van der Waals surface area contributed by atoms with Crippen LogP contribution in [-0.4, -0.2) is 32.3 Å². The lowest BCUT2D eigenvalue weighted by Gasteiger charge is -2.18. The molecular formula is C20H27N7S. The predicted molar refractivity (Wildman–Crippen MR) is 113 cm³/mol. The van der Waals surface area contributed by atoms with Crippen molar-refractivity contribution in [1.82, 2.24) is 30.4 Å². The molecule has 3 rings (SSSR count). The molecule has 1 atom stereocenters. The van der Waals surface area contributed by atoms with E-state index in [1.165, 1.54) is 5.56 Å². The van der Waals surface area contributed by atoms with Crippen molar-refractivity contribution in [3.05, 3.63) is 63.6 Å². The number of guanidine groups is 1. The quantitative estimate of drug-likeness (QED) is 0.473. The van der Waals surface area contributed by atoms with Crippen molar-refractivity contribution in [3.8, 4) is 0 Å². The smallest absolute Gasteiger partial charge is 0.192 e. The summed E-state index contributed by atoms with van der Waals surface area (Å²) in [6.07, 6.45) is 0.855. The molecule has 148 valence electrons. The van der Waals surface area contributed by atoms with Crippen LogP contribution < -0.4 is 10.6 Å². The standard InChI is InChI=1S/C20H27N7S/c1-14(17-8-6-5-7-9-17)23-20(21-11-10-18-13-28-16(3)24-18)22-12-19-26-25-15(2)27(19)4/h5-9,13-14H,10-12H2,1-4H3,(H2,21,22,23). The zero-order valence-electron chi connectivity index (χ0n) is 16.8. The molecule has 0 saturated heterocycles. The summed E-state index contributed by atoms with van der Waals surface area (Å²) in [6.45, 7) is 7.31. The Balaban J connectivity index is 1.67. The van der Waals surface area contributed by atoms with Crippen LogP contribution in [0.15, 0.2) is 40.7 Å². The van der Waals surface area contributed by atoms with Gasteiger partial charge in [0.15, 0.2) is 11.8 Å². The van der Waals surface area contributed by atoms with Crippen LogP contribution in [0.3, 0.4) is 0 Å². The lowest BCUT2D eigenvalue weighted by molar-refractivity contribution is 0.674. The van der Waals surface area contributed by atoms with Crippen molar-refractivity contribution in [2.45, 2.75) is 39.8 Å². The Hall–Kier alpha value is -2.74. The van der Waals surface area contributed by atoms with Gasteiger partial charge in [-0.15, -0.1) is 21.5 Å². The number of nitrogens with one attached hydrogen (secondary N) is 2. The fourth-order valence-corrected chi connectivity index (χ4v) is 3.40. The topological polar surface area (TPSA) is 80.0 Å². The first kappa shape index (κ1) is 20.0. The second kappa shape index (κ2) is 9.45. The molecule has 0 saturated carbocycles. The summed E-state index contributed by atoms with van der Waals surface area (Å²) in [5, 5.41) is 18.4. The van der Waals surface area contributed by atoms with Gasteiger partial charge < -0.3 is 15.2 Å². The first-order chi connectivity index (χ1) is 13.5. The minimum atomic E-state index is 0.134. The highest BCUT2D eigenvalue weighted by molar-refractivity contribution is 7.09. The maximum atomic E-state index is 4.72. The Morgan fingerprint density at radius 2 is 2.00 bits per heavy atom. The number of rotatable bonds is 7. The van der Waals surface area contributed by atoms with Crippen LogP contribution in [0.5, 0.6) is 0 Å². The third-order valence-electron chi connectivity index (χ3n) is 4.55. The second-order valence-electron chi connectivity index (χ2n) is 6.70. The zero-order chi connectivity index (χ0) is 19.9. The number of aromatic nitrogens is 4. The molecule has 7 nitrogen and oxygen atoms in total. The normalized spacial score (nSPS) is 12.8. The molecule has 28 heavy (non-hydrogen) atoms. The van der Waals surface area contributed by atoms with E-state index in [0.29, 0.717) is 6.54 Å². The van der Waals surface area contributed by atoms with Gasteiger partial charge in [0.1, 0.15) is 12.4 Å². The molecule has 8 heteroatoms. The molecule has 2 N–H and O–H groups in total. The molecule has 0 aliphatic rings. The maximum Gasteiger partial charge on any atom is 0.192 e. The fraction of sp³-hybridized carbons (Fsp3) is 0.400. The second-order valence-corrected chi connectivity index (χ2v) is 7.76. The molecule has 0 radical (unpaired) electrons. The van der Waals surface area contributed by atoms with E-state index in [-0.39, 0.29) is 6.04 Å². The summed E-state index contributed by atoms with van der Waals surface area (Å²) in [4.78, 5) is 9.24. The van der Waals surface area contributed by atoms with E-state index >= 15 is 0 Å². The van der Waals surface area contributed by atoms with Gasteiger partial charge in [0.25, 0.3) is 0 Å². The largest absolute Gasteiger partial charge is 0.356 e. The highest BCUT2D eigenvalue weighted by atomic mass is 32.1. The number of nitrogens with zero attached hydrogens (tertiary/aromatic N) is 5. The number of aliphatic imine (C=N–C) groups is 1. The van der Waals surface area contributed by atoms with Crippen molar-refractivity contribution in [2.24, 2.45) is 12.0 Å². The van der Waals surface area contributed by atoms with Crippen LogP contribution in [0, 0.1) is 13.8 Å². The van der Waals surface area contributed by atoms with E-state index in [2.05, 4.69) is 50.3 Å². The molecule has 2 aromatic heterocycles. The van der Waals surface area contributed by atoms with E-state index in [1.54, 1.807) is 11.3 Å². The number of thiazole rings is 1. The van der Waals surface area contributed by atoms with Crippen LogP contribution in [0.25, 0.3) is 0 Å². The van der Waals surface area contributed by atoms with Crippen molar-refractivity contribution in [3.63, 3.8) is 0 Å². The molecule has 0 amide bonds. The lowest BCUT2D eigenvalue weighted by atomic mass is 10.1. The summed E-state index contributed by atoms with van der Waals surface area (Å²) >= 11 is 1.68. The Morgan fingerprint density at radius 3 is 2.64 bits per heavy atom. The number of benzene rings is 1. The fourth-order valence-electron chi connectivity index (χ4n) is 2.75. The van der Waals surface area contributed by atoms with Gasteiger partial charge >= 0.3 is 0 Å². The van der Waals surface area contributed by atoms with Crippen LogP contribution in [0.1, 0.15) is 40.9 Å². The molecule has 0 aliphatic carbocycles. The van der Waals surface area contributed by atoms with Crippen LogP contribution in [0.4, 0.5) is 0 Å². The Morgan fingerprint density at radius 1 is 1.21 bits per heavy atom. The van der Waals surface area contributed by atoms with Gasteiger partial charge in [0.05, 0.1) is 16.7 Å².